The summed E-state index contributed by atoms with van der Waals surface area (Å²) < 4.78 is 44.7. The van der Waals surface area contributed by atoms with Crippen LogP contribution in [0.4, 0.5) is 13.2 Å². The largest absolute Gasteiger partial charge is 0.469 e. The first-order valence-corrected chi connectivity index (χ1v) is 8.35. The van der Waals surface area contributed by atoms with Crippen LogP contribution >= 0.6 is 0 Å². The van der Waals surface area contributed by atoms with Gasteiger partial charge in [-0.2, -0.15) is 18.2 Å². The van der Waals surface area contributed by atoms with Crippen LogP contribution in [0.15, 0.2) is 22.8 Å². The first kappa shape index (κ1) is 18.9. The molecule has 0 radical (unpaired) electrons. The van der Waals surface area contributed by atoms with Crippen molar-refractivity contribution in [1.82, 2.24) is 24.9 Å². The molecule has 1 N–H and O–H groups in total. The molecule has 1 amide bonds. The van der Waals surface area contributed by atoms with Gasteiger partial charge in [-0.15, -0.1) is 5.10 Å². The molecule has 3 aromatic rings. The molecule has 27 heavy (non-hydrogen) atoms. The molecule has 10 heteroatoms. The van der Waals surface area contributed by atoms with Crippen LogP contribution in [0.25, 0.3) is 5.78 Å². The average molecular weight is 381 g/mol. The van der Waals surface area contributed by atoms with E-state index in [0.29, 0.717) is 36.3 Å². The Morgan fingerprint density at radius 2 is 2.04 bits per heavy atom. The van der Waals surface area contributed by atoms with E-state index in [-0.39, 0.29) is 18.1 Å². The van der Waals surface area contributed by atoms with Gasteiger partial charge < -0.3 is 9.73 Å². The number of nitrogens with zero attached hydrogens (tertiary/aromatic N) is 4. The van der Waals surface area contributed by atoms with Gasteiger partial charge in [-0.1, -0.05) is 0 Å². The smallest absolute Gasteiger partial charge is 0.453 e. The third-order valence-corrected chi connectivity index (χ3v) is 4.18. The Balaban J connectivity index is 1.66. The number of alkyl halides is 3. The van der Waals surface area contributed by atoms with Gasteiger partial charge in [0.25, 0.3) is 11.6 Å². The fraction of sp³-hybridized carbons (Fsp3) is 0.412. The predicted octanol–water partition coefficient (Wildman–Crippen LogP) is 2.64. The van der Waals surface area contributed by atoms with Crippen LogP contribution < -0.4 is 5.32 Å². The minimum atomic E-state index is -4.64. The summed E-state index contributed by atoms with van der Waals surface area (Å²) in [6.45, 7) is 3.76. The fourth-order valence-electron chi connectivity index (χ4n) is 2.80. The van der Waals surface area contributed by atoms with E-state index in [1.54, 1.807) is 26.2 Å². The SMILES string of the molecule is Cc1nc2nc(C(F)(F)F)nn2c(C)c1CCC(=O)NCCc1ccco1. The van der Waals surface area contributed by atoms with E-state index in [4.69, 9.17) is 4.42 Å². The molecule has 0 saturated carbocycles. The zero-order chi connectivity index (χ0) is 19.6. The van der Waals surface area contributed by atoms with E-state index < -0.39 is 12.0 Å². The maximum absolute atomic E-state index is 12.8. The number of nitrogens with one attached hydrogen (secondary N) is 1. The Hall–Kier alpha value is -2.91. The van der Waals surface area contributed by atoms with Crippen molar-refractivity contribution < 1.29 is 22.4 Å². The molecular formula is C17H18F3N5O2. The maximum Gasteiger partial charge on any atom is 0.453 e. The van der Waals surface area contributed by atoms with Crippen LogP contribution in [0.3, 0.4) is 0 Å². The number of hydrogen-bond acceptors (Lipinski definition) is 5. The van der Waals surface area contributed by atoms with Crippen molar-refractivity contribution in [3.63, 3.8) is 0 Å². The number of rotatable bonds is 6. The number of amides is 1. The number of furan rings is 1. The summed E-state index contributed by atoms with van der Waals surface area (Å²) in [6.07, 6.45) is -1.95. The first-order valence-electron chi connectivity index (χ1n) is 8.35. The lowest BCUT2D eigenvalue weighted by Crippen LogP contribution is -2.26. The van der Waals surface area contributed by atoms with Crippen LogP contribution in [-0.4, -0.2) is 32.0 Å². The monoisotopic (exact) mass is 381 g/mol. The van der Waals surface area contributed by atoms with Gasteiger partial charge in [0.05, 0.1) is 6.26 Å². The summed E-state index contributed by atoms with van der Waals surface area (Å²) in [5, 5.41) is 6.29. The summed E-state index contributed by atoms with van der Waals surface area (Å²) >= 11 is 0. The van der Waals surface area contributed by atoms with E-state index in [2.05, 4.69) is 20.4 Å². The zero-order valence-electron chi connectivity index (χ0n) is 14.8. The number of carbonyl (C=O) groups excluding carboxylic acids is 1. The third kappa shape index (κ3) is 4.26. The highest BCUT2D eigenvalue weighted by atomic mass is 19.4. The van der Waals surface area contributed by atoms with E-state index in [0.717, 1.165) is 10.3 Å². The Labute approximate surface area is 152 Å². The summed E-state index contributed by atoms with van der Waals surface area (Å²) in [5.41, 5.74) is 1.70. The normalized spacial score (nSPS) is 11.9. The quantitative estimate of drug-likeness (QED) is 0.710. The van der Waals surface area contributed by atoms with Gasteiger partial charge in [0.2, 0.25) is 5.91 Å². The van der Waals surface area contributed by atoms with Crippen LogP contribution in [-0.2, 0) is 23.8 Å². The molecule has 0 aliphatic carbocycles. The number of aromatic nitrogens is 4. The molecule has 3 heterocycles. The topological polar surface area (TPSA) is 85.3 Å². The second-order valence-electron chi connectivity index (χ2n) is 6.09. The molecule has 0 atom stereocenters. The molecular weight excluding hydrogens is 363 g/mol. The van der Waals surface area contributed by atoms with Crippen molar-refractivity contribution >= 4 is 11.7 Å². The second-order valence-corrected chi connectivity index (χ2v) is 6.09. The van der Waals surface area contributed by atoms with Gasteiger partial charge in [0, 0.05) is 30.8 Å². The Morgan fingerprint density at radius 1 is 1.26 bits per heavy atom. The van der Waals surface area contributed by atoms with Gasteiger partial charge in [-0.25, -0.2) is 9.50 Å². The van der Waals surface area contributed by atoms with E-state index in [1.165, 1.54) is 0 Å². The molecule has 144 valence electrons. The molecule has 0 unspecified atom stereocenters. The number of fused-ring (bicyclic) bond motifs is 1. The highest BCUT2D eigenvalue weighted by molar-refractivity contribution is 5.76. The summed E-state index contributed by atoms with van der Waals surface area (Å²) in [6, 6.07) is 3.60. The van der Waals surface area contributed by atoms with E-state index in [1.807, 2.05) is 6.07 Å². The van der Waals surface area contributed by atoms with Crippen molar-refractivity contribution in [3.8, 4) is 0 Å². The number of aryl methyl sites for hydroxylation is 2. The lowest BCUT2D eigenvalue weighted by Gasteiger charge is -2.10. The summed E-state index contributed by atoms with van der Waals surface area (Å²) in [7, 11) is 0. The molecule has 3 rings (SSSR count). The van der Waals surface area contributed by atoms with E-state index >= 15 is 0 Å². The van der Waals surface area contributed by atoms with Gasteiger partial charge in [0.15, 0.2) is 0 Å². The number of hydrogen-bond donors (Lipinski definition) is 1. The molecule has 7 nitrogen and oxygen atoms in total. The van der Waals surface area contributed by atoms with Gasteiger partial charge in [0.1, 0.15) is 5.76 Å². The molecule has 0 aliphatic rings. The number of halogens is 3. The van der Waals surface area contributed by atoms with Gasteiger partial charge in [-0.05, 0) is 38.0 Å². The summed E-state index contributed by atoms with van der Waals surface area (Å²) in [5.74, 6) is -0.715. The molecule has 0 aliphatic heterocycles. The van der Waals surface area contributed by atoms with Crippen molar-refractivity contribution in [3.05, 3.63) is 46.9 Å². The van der Waals surface area contributed by atoms with Crippen LogP contribution in [0.1, 0.15) is 35.0 Å². The highest BCUT2D eigenvalue weighted by Gasteiger charge is 2.36. The Morgan fingerprint density at radius 3 is 2.70 bits per heavy atom. The van der Waals surface area contributed by atoms with Crippen molar-refractivity contribution in [1.29, 1.82) is 0 Å². The molecule has 0 bridgehead atoms. The van der Waals surface area contributed by atoms with Gasteiger partial charge >= 0.3 is 6.18 Å². The van der Waals surface area contributed by atoms with Crippen molar-refractivity contribution in [2.24, 2.45) is 0 Å². The van der Waals surface area contributed by atoms with Crippen LogP contribution in [0, 0.1) is 13.8 Å². The highest BCUT2D eigenvalue weighted by Crippen LogP contribution is 2.27. The standard InChI is InChI=1S/C17H18F3N5O2/c1-10-13(5-6-14(26)21-8-7-12-4-3-9-27-12)11(2)25-16(22-10)23-15(24-25)17(18,19)20/h3-4,9H,5-8H2,1-2H3,(H,21,26). The molecule has 0 saturated heterocycles. The maximum atomic E-state index is 12.8. The molecule has 0 aromatic carbocycles. The van der Waals surface area contributed by atoms with Crippen LogP contribution in [0.5, 0.6) is 0 Å². The van der Waals surface area contributed by atoms with Crippen LogP contribution in [0.2, 0.25) is 0 Å². The Bertz CT molecular complexity index is 948. The van der Waals surface area contributed by atoms with Crippen molar-refractivity contribution in [2.45, 2.75) is 39.3 Å². The van der Waals surface area contributed by atoms with Crippen molar-refractivity contribution in [2.75, 3.05) is 6.54 Å². The predicted molar refractivity (Wildman–Crippen MR) is 89.0 cm³/mol. The number of carbonyl (C=O) groups is 1. The fourth-order valence-corrected chi connectivity index (χ4v) is 2.80. The minimum absolute atomic E-state index is 0.107. The third-order valence-electron chi connectivity index (χ3n) is 4.18. The molecule has 0 spiro atoms. The molecule has 3 aromatic heterocycles. The lowest BCUT2D eigenvalue weighted by molar-refractivity contribution is -0.144. The second kappa shape index (κ2) is 7.37. The first-order chi connectivity index (χ1) is 12.8. The lowest BCUT2D eigenvalue weighted by atomic mass is 10.1. The van der Waals surface area contributed by atoms with E-state index in [9.17, 15) is 18.0 Å². The average Bonchev–Trinajstić information content (AvgIpc) is 3.23. The minimum Gasteiger partial charge on any atom is -0.469 e. The summed E-state index contributed by atoms with van der Waals surface area (Å²) in [4.78, 5) is 19.5. The molecule has 0 fully saturated rings. The zero-order valence-corrected chi connectivity index (χ0v) is 14.8. The van der Waals surface area contributed by atoms with Gasteiger partial charge in [-0.3, -0.25) is 4.79 Å². The Kier molecular flexibility index (Phi) is 5.15.